The molecule has 1 aromatic rings. The molecular formula is C15H23F3N2O. The maximum atomic E-state index is 12.6. The molecule has 0 fully saturated rings. The zero-order valence-electron chi connectivity index (χ0n) is 13.0. The summed E-state index contributed by atoms with van der Waals surface area (Å²) in [4.78, 5) is 11.5. The van der Waals surface area contributed by atoms with Gasteiger partial charge in [-0.1, -0.05) is 33.1 Å². The van der Waals surface area contributed by atoms with Crippen molar-refractivity contribution in [3.63, 3.8) is 0 Å². The molecule has 6 heteroatoms. The average molecular weight is 304 g/mol. The predicted octanol–water partition coefficient (Wildman–Crippen LogP) is 4.46. The molecular weight excluding hydrogens is 281 g/mol. The van der Waals surface area contributed by atoms with Crippen molar-refractivity contribution in [1.29, 1.82) is 0 Å². The number of rotatable bonds is 7. The molecule has 120 valence electrons. The van der Waals surface area contributed by atoms with E-state index in [0.717, 1.165) is 25.7 Å². The third kappa shape index (κ3) is 4.32. The largest absolute Gasteiger partial charge is 0.455 e. The molecule has 0 aliphatic rings. The van der Waals surface area contributed by atoms with Crippen LogP contribution in [0.1, 0.15) is 61.3 Å². The molecule has 0 aliphatic carbocycles. The Morgan fingerprint density at radius 2 is 1.90 bits per heavy atom. The first kappa shape index (κ1) is 17.7. The van der Waals surface area contributed by atoms with E-state index in [1.807, 2.05) is 0 Å². The Morgan fingerprint density at radius 1 is 1.29 bits per heavy atom. The third-order valence-corrected chi connectivity index (χ3v) is 3.84. The second-order valence-corrected chi connectivity index (χ2v) is 5.47. The molecule has 0 saturated heterocycles. The smallest absolute Gasteiger partial charge is 0.284 e. The van der Waals surface area contributed by atoms with Gasteiger partial charge in [-0.05, 0) is 26.2 Å². The zero-order valence-corrected chi connectivity index (χ0v) is 13.0. The van der Waals surface area contributed by atoms with Crippen molar-refractivity contribution >= 4 is 5.78 Å². The van der Waals surface area contributed by atoms with Gasteiger partial charge in [0, 0.05) is 12.2 Å². The van der Waals surface area contributed by atoms with Gasteiger partial charge in [0.25, 0.3) is 5.78 Å². The second-order valence-electron chi connectivity index (χ2n) is 5.47. The molecule has 1 atom stereocenters. The standard InChI is InChI=1S/C15H23F3N2O/c1-5-7-8-12(6-2)9-20-11(4)13(10(3)19-20)14(21)15(16,17)18/h12H,5-9H2,1-4H3. The number of nitrogens with zero attached hydrogens (tertiary/aromatic N) is 2. The highest BCUT2D eigenvalue weighted by Gasteiger charge is 2.42. The number of ketones is 1. The topological polar surface area (TPSA) is 34.9 Å². The summed E-state index contributed by atoms with van der Waals surface area (Å²) in [5.41, 5.74) is 0.165. The van der Waals surface area contributed by atoms with Gasteiger partial charge in [-0.15, -0.1) is 0 Å². The fraction of sp³-hybridized carbons (Fsp3) is 0.733. The van der Waals surface area contributed by atoms with E-state index in [1.165, 1.54) is 13.8 Å². The van der Waals surface area contributed by atoms with E-state index in [0.29, 0.717) is 18.2 Å². The first-order chi connectivity index (χ1) is 9.72. The van der Waals surface area contributed by atoms with Gasteiger partial charge in [-0.25, -0.2) is 0 Å². The second kappa shape index (κ2) is 7.09. The van der Waals surface area contributed by atoms with Crippen LogP contribution >= 0.6 is 0 Å². The number of carbonyl (C=O) groups excluding carboxylic acids is 1. The minimum absolute atomic E-state index is 0.153. The van der Waals surface area contributed by atoms with Gasteiger partial charge in [0.1, 0.15) is 0 Å². The van der Waals surface area contributed by atoms with Crippen molar-refractivity contribution in [2.45, 2.75) is 66.1 Å². The van der Waals surface area contributed by atoms with E-state index in [4.69, 9.17) is 0 Å². The highest BCUT2D eigenvalue weighted by Crippen LogP contribution is 2.26. The van der Waals surface area contributed by atoms with Crippen LogP contribution in [0.5, 0.6) is 0 Å². The van der Waals surface area contributed by atoms with Crippen LogP contribution in [0.2, 0.25) is 0 Å². The SMILES string of the molecule is CCCCC(CC)Cn1nc(C)c(C(=O)C(F)(F)F)c1C. The Kier molecular flexibility index (Phi) is 5.98. The molecule has 1 rings (SSSR count). The zero-order chi connectivity index (χ0) is 16.2. The number of halogens is 3. The lowest BCUT2D eigenvalue weighted by molar-refractivity contribution is -0.0886. The normalized spacial score (nSPS) is 13.5. The van der Waals surface area contributed by atoms with E-state index < -0.39 is 12.0 Å². The van der Waals surface area contributed by atoms with Gasteiger partial charge in [0.05, 0.1) is 11.3 Å². The van der Waals surface area contributed by atoms with Gasteiger partial charge in [-0.3, -0.25) is 9.48 Å². The van der Waals surface area contributed by atoms with Crippen LogP contribution in [0.25, 0.3) is 0 Å². The lowest BCUT2D eigenvalue weighted by Crippen LogP contribution is -2.24. The Morgan fingerprint density at radius 3 is 2.38 bits per heavy atom. The number of unbranched alkanes of at least 4 members (excludes halogenated alkanes) is 1. The number of Topliss-reactive ketones (excluding diaryl/α,β-unsaturated/α-hetero) is 1. The first-order valence-corrected chi connectivity index (χ1v) is 7.37. The van der Waals surface area contributed by atoms with E-state index >= 15 is 0 Å². The van der Waals surface area contributed by atoms with Crippen LogP contribution in [-0.4, -0.2) is 21.7 Å². The van der Waals surface area contributed by atoms with Gasteiger partial charge in [-0.2, -0.15) is 18.3 Å². The van der Waals surface area contributed by atoms with E-state index in [2.05, 4.69) is 18.9 Å². The van der Waals surface area contributed by atoms with Crippen molar-refractivity contribution < 1.29 is 18.0 Å². The summed E-state index contributed by atoms with van der Waals surface area (Å²) in [6.07, 6.45) is -0.706. The molecule has 0 radical (unpaired) electrons. The molecule has 1 unspecified atom stereocenters. The molecule has 0 bridgehead atoms. The number of alkyl halides is 3. The molecule has 0 N–H and O–H groups in total. The average Bonchev–Trinajstić information content (AvgIpc) is 2.67. The van der Waals surface area contributed by atoms with Crippen molar-refractivity contribution in [1.82, 2.24) is 9.78 Å². The van der Waals surface area contributed by atoms with Crippen LogP contribution < -0.4 is 0 Å². The lowest BCUT2D eigenvalue weighted by atomic mass is 9.99. The fourth-order valence-corrected chi connectivity index (χ4v) is 2.51. The number of carbonyl (C=O) groups is 1. The third-order valence-electron chi connectivity index (χ3n) is 3.84. The molecule has 1 aromatic heterocycles. The fourth-order valence-electron chi connectivity index (χ4n) is 2.51. The van der Waals surface area contributed by atoms with E-state index in [-0.39, 0.29) is 11.3 Å². The van der Waals surface area contributed by atoms with Crippen molar-refractivity contribution in [3.05, 3.63) is 17.0 Å². The van der Waals surface area contributed by atoms with Crippen LogP contribution in [0.3, 0.4) is 0 Å². The first-order valence-electron chi connectivity index (χ1n) is 7.37. The molecule has 0 spiro atoms. The minimum Gasteiger partial charge on any atom is -0.284 e. The van der Waals surface area contributed by atoms with Crippen LogP contribution in [-0.2, 0) is 6.54 Å². The Hall–Kier alpha value is -1.33. The summed E-state index contributed by atoms with van der Waals surface area (Å²) in [6.45, 7) is 7.72. The minimum atomic E-state index is -4.85. The quantitative estimate of drug-likeness (QED) is 0.697. The Labute approximate surface area is 123 Å². The monoisotopic (exact) mass is 304 g/mol. The maximum absolute atomic E-state index is 12.6. The molecule has 1 heterocycles. The summed E-state index contributed by atoms with van der Waals surface area (Å²) in [5.74, 6) is -1.43. The Bertz CT molecular complexity index is 492. The molecule has 0 amide bonds. The number of hydrogen-bond acceptors (Lipinski definition) is 2. The van der Waals surface area contributed by atoms with Crippen molar-refractivity contribution in [2.24, 2.45) is 5.92 Å². The molecule has 0 aromatic carbocycles. The number of hydrogen-bond donors (Lipinski definition) is 0. The van der Waals surface area contributed by atoms with Crippen molar-refractivity contribution in [3.8, 4) is 0 Å². The highest BCUT2D eigenvalue weighted by molar-refractivity contribution is 6.02. The summed E-state index contributed by atoms with van der Waals surface area (Å²) < 4.78 is 39.4. The summed E-state index contributed by atoms with van der Waals surface area (Å²) in [5, 5.41) is 4.14. The predicted molar refractivity (Wildman–Crippen MR) is 75.4 cm³/mol. The van der Waals surface area contributed by atoms with E-state index in [9.17, 15) is 18.0 Å². The van der Waals surface area contributed by atoms with Crippen molar-refractivity contribution in [2.75, 3.05) is 0 Å². The van der Waals surface area contributed by atoms with Gasteiger partial charge < -0.3 is 0 Å². The molecule has 3 nitrogen and oxygen atoms in total. The Balaban J connectivity index is 2.99. The van der Waals surface area contributed by atoms with Gasteiger partial charge in [0.2, 0.25) is 0 Å². The summed E-state index contributed by atoms with van der Waals surface area (Å²) in [6, 6.07) is 0. The maximum Gasteiger partial charge on any atom is 0.455 e. The van der Waals surface area contributed by atoms with E-state index in [1.54, 1.807) is 4.68 Å². The highest BCUT2D eigenvalue weighted by atomic mass is 19.4. The number of aryl methyl sites for hydroxylation is 1. The van der Waals surface area contributed by atoms with Gasteiger partial charge in [0.15, 0.2) is 0 Å². The summed E-state index contributed by atoms with van der Waals surface area (Å²) in [7, 11) is 0. The summed E-state index contributed by atoms with van der Waals surface area (Å²) >= 11 is 0. The van der Waals surface area contributed by atoms with Crippen LogP contribution in [0.4, 0.5) is 13.2 Å². The molecule has 0 saturated carbocycles. The van der Waals surface area contributed by atoms with Crippen LogP contribution in [0, 0.1) is 19.8 Å². The van der Waals surface area contributed by atoms with Gasteiger partial charge >= 0.3 is 6.18 Å². The molecule has 0 aliphatic heterocycles. The lowest BCUT2D eigenvalue weighted by Gasteiger charge is -2.15. The molecule has 21 heavy (non-hydrogen) atoms. The van der Waals surface area contributed by atoms with Crippen LogP contribution in [0.15, 0.2) is 0 Å². The number of aromatic nitrogens is 2.